The first-order valence-electron chi connectivity index (χ1n) is 9.18. The first-order chi connectivity index (χ1) is 12.4. The standard InChI is InChI=1S/C20H28ClNO4/c1-13(2)10-17(19(23)25-3)22-20(24)26-18-9-5-7-15(18)11-14-6-4-8-16(21)12-14/h4,6,8,12-13,15,17-18H,5,7,9-11H2,1-3H3,(H,22,24). The second kappa shape index (κ2) is 9.81. The lowest BCUT2D eigenvalue weighted by molar-refractivity contribution is -0.143. The number of methoxy groups -OCH3 is 1. The van der Waals surface area contributed by atoms with Crippen LogP contribution in [0, 0.1) is 11.8 Å². The number of hydrogen-bond acceptors (Lipinski definition) is 4. The molecule has 1 aliphatic rings. The van der Waals surface area contributed by atoms with Gasteiger partial charge in [0.2, 0.25) is 0 Å². The van der Waals surface area contributed by atoms with Crippen LogP contribution in [0.25, 0.3) is 0 Å². The minimum atomic E-state index is -0.680. The molecule has 1 aromatic rings. The van der Waals surface area contributed by atoms with Gasteiger partial charge in [-0.3, -0.25) is 0 Å². The number of carbonyl (C=O) groups excluding carboxylic acids is 2. The van der Waals surface area contributed by atoms with E-state index in [1.165, 1.54) is 7.11 Å². The van der Waals surface area contributed by atoms with E-state index in [0.29, 0.717) is 11.4 Å². The number of benzene rings is 1. The van der Waals surface area contributed by atoms with Crippen LogP contribution < -0.4 is 5.32 Å². The zero-order chi connectivity index (χ0) is 19.1. The number of esters is 1. The van der Waals surface area contributed by atoms with Gasteiger partial charge < -0.3 is 14.8 Å². The number of hydrogen-bond donors (Lipinski definition) is 1. The molecular formula is C20H28ClNO4. The van der Waals surface area contributed by atoms with Crippen molar-refractivity contribution >= 4 is 23.7 Å². The van der Waals surface area contributed by atoms with Crippen LogP contribution in [0.3, 0.4) is 0 Å². The molecule has 1 amide bonds. The highest BCUT2D eigenvalue weighted by molar-refractivity contribution is 6.30. The van der Waals surface area contributed by atoms with E-state index in [9.17, 15) is 9.59 Å². The van der Waals surface area contributed by atoms with E-state index >= 15 is 0 Å². The van der Waals surface area contributed by atoms with E-state index in [2.05, 4.69) is 5.32 Å². The predicted octanol–water partition coefficient (Wildman–Crippen LogP) is 4.37. The largest absolute Gasteiger partial charge is 0.467 e. The van der Waals surface area contributed by atoms with Crippen molar-refractivity contribution in [2.75, 3.05) is 7.11 Å². The van der Waals surface area contributed by atoms with Crippen molar-refractivity contribution in [3.05, 3.63) is 34.9 Å². The van der Waals surface area contributed by atoms with Crippen LogP contribution in [-0.2, 0) is 20.7 Å². The second-order valence-electron chi connectivity index (χ2n) is 7.32. The van der Waals surface area contributed by atoms with Gasteiger partial charge in [0.25, 0.3) is 0 Å². The summed E-state index contributed by atoms with van der Waals surface area (Å²) in [7, 11) is 1.32. The minimum absolute atomic E-state index is 0.147. The van der Waals surface area contributed by atoms with Crippen molar-refractivity contribution < 1.29 is 19.1 Å². The Morgan fingerprint density at radius 2 is 2.08 bits per heavy atom. The fourth-order valence-electron chi connectivity index (χ4n) is 3.50. The van der Waals surface area contributed by atoms with E-state index in [1.807, 2.05) is 38.1 Å². The molecule has 1 fully saturated rings. The van der Waals surface area contributed by atoms with Crippen LogP contribution in [0.1, 0.15) is 45.1 Å². The Balaban J connectivity index is 1.92. The van der Waals surface area contributed by atoms with Crippen molar-refractivity contribution in [1.29, 1.82) is 0 Å². The average molecular weight is 382 g/mol. The molecule has 1 N–H and O–H groups in total. The van der Waals surface area contributed by atoms with E-state index in [0.717, 1.165) is 31.2 Å². The second-order valence-corrected chi connectivity index (χ2v) is 7.75. The maximum Gasteiger partial charge on any atom is 0.408 e. The van der Waals surface area contributed by atoms with Crippen molar-refractivity contribution in [3.63, 3.8) is 0 Å². The molecule has 0 saturated heterocycles. The SMILES string of the molecule is COC(=O)C(CC(C)C)NC(=O)OC1CCCC1Cc1cccc(Cl)c1. The molecular weight excluding hydrogens is 354 g/mol. The maximum absolute atomic E-state index is 12.3. The first kappa shape index (κ1) is 20.6. The lowest BCUT2D eigenvalue weighted by Crippen LogP contribution is -2.44. The van der Waals surface area contributed by atoms with Gasteiger partial charge in [0.15, 0.2) is 0 Å². The van der Waals surface area contributed by atoms with Crippen LogP contribution in [0.15, 0.2) is 24.3 Å². The molecule has 0 aliphatic heterocycles. The van der Waals surface area contributed by atoms with Crippen molar-refractivity contribution in [2.45, 2.75) is 58.1 Å². The van der Waals surface area contributed by atoms with E-state index < -0.39 is 18.1 Å². The monoisotopic (exact) mass is 381 g/mol. The van der Waals surface area contributed by atoms with E-state index in [4.69, 9.17) is 21.1 Å². The van der Waals surface area contributed by atoms with Crippen molar-refractivity contribution in [2.24, 2.45) is 11.8 Å². The molecule has 0 spiro atoms. The zero-order valence-corrected chi connectivity index (χ0v) is 16.4. The smallest absolute Gasteiger partial charge is 0.408 e. The summed E-state index contributed by atoms with van der Waals surface area (Å²) >= 11 is 6.05. The Morgan fingerprint density at radius 3 is 2.73 bits per heavy atom. The van der Waals surface area contributed by atoms with Crippen LogP contribution >= 0.6 is 11.6 Å². The summed E-state index contributed by atoms with van der Waals surface area (Å²) in [4.78, 5) is 24.2. The molecule has 1 aliphatic carbocycles. The van der Waals surface area contributed by atoms with Crippen molar-refractivity contribution in [1.82, 2.24) is 5.32 Å². The van der Waals surface area contributed by atoms with Crippen molar-refractivity contribution in [3.8, 4) is 0 Å². The Bertz CT molecular complexity index is 620. The zero-order valence-electron chi connectivity index (χ0n) is 15.7. The Morgan fingerprint density at radius 1 is 1.31 bits per heavy atom. The van der Waals surface area contributed by atoms with Crippen LogP contribution in [0.5, 0.6) is 0 Å². The number of alkyl carbamates (subject to hydrolysis) is 1. The molecule has 0 bridgehead atoms. The molecule has 0 radical (unpaired) electrons. The number of rotatable bonds is 7. The van der Waals surface area contributed by atoms with E-state index in [1.54, 1.807) is 0 Å². The van der Waals surface area contributed by atoms with Crippen LogP contribution in [-0.4, -0.2) is 31.3 Å². The molecule has 3 atom stereocenters. The normalized spacial score (nSPS) is 20.7. The summed E-state index contributed by atoms with van der Waals surface area (Å²) in [6, 6.07) is 7.09. The average Bonchev–Trinajstić information content (AvgIpc) is 2.99. The van der Waals surface area contributed by atoms with Gasteiger partial charge >= 0.3 is 12.1 Å². The summed E-state index contributed by atoms with van der Waals surface area (Å²) in [5.74, 6) is 0.0694. The summed E-state index contributed by atoms with van der Waals surface area (Å²) < 4.78 is 10.4. The molecule has 26 heavy (non-hydrogen) atoms. The Hall–Kier alpha value is -1.75. The Labute approximate surface area is 160 Å². The van der Waals surface area contributed by atoms with Gasteiger partial charge in [-0.1, -0.05) is 37.6 Å². The highest BCUT2D eigenvalue weighted by Crippen LogP contribution is 2.31. The molecule has 3 unspecified atom stereocenters. The number of nitrogens with one attached hydrogen (secondary N) is 1. The Kier molecular flexibility index (Phi) is 7.76. The lowest BCUT2D eigenvalue weighted by Gasteiger charge is -2.23. The van der Waals surface area contributed by atoms with Gasteiger partial charge in [0.05, 0.1) is 7.11 Å². The van der Waals surface area contributed by atoms with Gasteiger partial charge in [0, 0.05) is 10.9 Å². The van der Waals surface area contributed by atoms with Gasteiger partial charge in [-0.15, -0.1) is 0 Å². The molecule has 0 heterocycles. The molecule has 144 valence electrons. The molecule has 0 aromatic heterocycles. The predicted molar refractivity (Wildman–Crippen MR) is 101 cm³/mol. The van der Waals surface area contributed by atoms with Crippen LogP contribution in [0.4, 0.5) is 4.79 Å². The molecule has 6 heteroatoms. The van der Waals surface area contributed by atoms with Gasteiger partial charge in [-0.05, 0) is 55.7 Å². The third-order valence-corrected chi connectivity index (χ3v) is 4.95. The third kappa shape index (κ3) is 6.20. The summed E-state index contributed by atoms with van der Waals surface area (Å²) in [5, 5.41) is 3.38. The quantitative estimate of drug-likeness (QED) is 0.712. The highest BCUT2D eigenvalue weighted by Gasteiger charge is 2.32. The molecule has 1 saturated carbocycles. The molecule has 2 rings (SSSR count). The summed E-state index contributed by atoms with van der Waals surface area (Å²) in [6.07, 6.45) is 3.51. The summed E-state index contributed by atoms with van der Waals surface area (Å²) in [6.45, 7) is 3.97. The number of amides is 1. The van der Waals surface area contributed by atoms with Crippen LogP contribution in [0.2, 0.25) is 5.02 Å². The minimum Gasteiger partial charge on any atom is -0.467 e. The highest BCUT2D eigenvalue weighted by atomic mass is 35.5. The first-order valence-corrected chi connectivity index (χ1v) is 9.56. The van der Waals surface area contributed by atoms with Gasteiger partial charge in [-0.25, -0.2) is 9.59 Å². The summed E-state index contributed by atoms with van der Waals surface area (Å²) in [5.41, 5.74) is 1.14. The number of carbonyl (C=O) groups is 2. The molecule has 1 aromatic carbocycles. The van der Waals surface area contributed by atoms with E-state index in [-0.39, 0.29) is 17.9 Å². The lowest BCUT2D eigenvalue weighted by atomic mass is 9.96. The third-order valence-electron chi connectivity index (χ3n) is 4.72. The number of halogens is 1. The number of ether oxygens (including phenoxy) is 2. The molecule has 5 nitrogen and oxygen atoms in total. The fraction of sp³-hybridized carbons (Fsp3) is 0.600. The topological polar surface area (TPSA) is 64.6 Å². The fourth-order valence-corrected chi connectivity index (χ4v) is 3.71. The van der Waals surface area contributed by atoms with Gasteiger partial charge in [-0.2, -0.15) is 0 Å². The maximum atomic E-state index is 12.3. The van der Waals surface area contributed by atoms with Gasteiger partial charge in [0.1, 0.15) is 12.1 Å².